The maximum Gasteiger partial charge on any atom is 0.325 e. The average molecular weight is 236 g/mol. The van der Waals surface area contributed by atoms with Gasteiger partial charge in [0.2, 0.25) is 0 Å². The summed E-state index contributed by atoms with van der Waals surface area (Å²) in [4.78, 5) is 23.4. The molecule has 86 valence electrons. The van der Waals surface area contributed by atoms with Gasteiger partial charge in [-0.05, 0) is 6.42 Å². The Labute approximate surface area is 86.0 Å². The first kappa shape index (κ1) is 12.4. The third-order valence-electron chi connectivity index (χ3n) is 1.92. The van der Waals surface area contributed by atoms with Gasteiger partial charge < -0.3 is 25.0 Å². The van der Waals surface area contributed by atoms with Crippen molar-refractivity contribution in [2.45, 2.75) is 18.6 Å². The van der Waals surface area contributed by atoms with Crippen molar-refractivity contribution in [1.29, 1.82) is 0 Å². The van der Waals surface area contributed by atoms with Crippen LogP contribution in [0.1, 0.15) is 18.2 Å². The number of H-pyrrole nitrogens is 1. The molecule has 0 unspecified atom stereocenters. The van der Waals surface area contributed by atoms with E-state index in [1.807, 2.05) is 0 Å². The quantitative estimate of drug-likeness (QED) is 0.433. The molecule has 1 aromatic rings. The van der Waals surface area contributed by atoms with Crippen LogP contribution in [0, 0.1) is 0 Å². The molecule has 0 saturated heterocycles. The largest absolute Gasteiger partial charge is 0.390 e. The number of aliphatic hydroxyl groups excluding tert-OH is 2. The molecule has 0 bridgehead atoms. The van der Waals surface area contributed by atoms with Crippen LogP contribution in [0.3, 0.4) is 0 Å². The van der Waals surface area contributed by atoms with Crippen molar-refractivity contribution in [3.05, 3.63) is 18.2 Å². The minimum Gasteiger partial charge on any atom is -0.390 e. The topological polar surface area (TPSA) is 127 Å². The third kappa shape index (κ3) is 4.11. The van der Waals surface area contributed by atoms with Gasteiger partial charge in [0.05, 0.1) is 30.5 Å². The van der Waals surface area contributed by atoms with Crippen LogP contribution in [0.25, 0.3) is 0 Å². The molecular weight excluding hydrogens is 223 g/mol. The molecule has 0 aliphatic carbocycles. The summed E-state index contributed by atoms with van der Waals surface area (Å²) >= 11 is 0. The van der Waals surface area contributed by atoms with E-state index >= 15 is 0 Å². The Hall–Kier alpha value is -0.720. The van der Waals surface area contributed by atoms with Crippen LogP contribution in [0.2, 0.25) is 0 Å². The Kier molecular flexibility index (Phi) is 4.01. The van der Waals surface area contributed by atoms with Gasteiger partial charge in [-0.15, -0.1) is 0 Å². The van der Waals surface area contributed by atoms with E-state index in [1.54, 1.807) is 0 Å². The Bertz CT molecular complexity index is 335. The van der Waals surface area contributed by atoms with Crippen LogP contribution in [-0.2, 0) is 4.57 Å². The lowest BCUT2D eigenvalue weighted by molar-refractivity contribution is 0.0140. The van der Waals surface area contributed by atoms with E-state index < -0.39 is 26.0 Å². The molecule has 5 N–H and O–H groups in total. The van der Waals surface area contributed by atoms with Gasteiger partial charge in [-0.2, -0.15) is 0 Å². The van der Waals surface area contributed by atoms with Crippen LogP contribution in [0.4, 0.5) is 0 Å². The Morgan fingerprint density at radius 3 is 2.60 bits per heavy atom. The summed E-state index contributed by atoms with van der Waals surface area (Å²) in [6, 6.07) is 0. The summed E-state index contributed by atoms with van der Waals surface area (Å²) < 4.78 is 10.5. The molecule has 0 saturated carbocycles. The third-order valence-corrected chi connectivity index (χ3v) is 2.76. The second-order valence-corrected chi connectivity index (χ2v) is 4.97. The van der Waals surface area contributed by atoms with Gasteiger partial charge in [0.25, 0.3) is 0 Å². The first-order chi connectivity index (χ1) is 6.90. The fourth-order valence-corrected chi connectivity index (χ4v) is 1.69. The zero-order valence-corrected chi connectivity index (χ0v) is 8.71. The van der Waals surface area contributed by atoms with Crippen LogP contribution in [0.15, 0.2) is 12.5 Å². The molecule has 1 aromatic heterocycles. The number of imidazole rings is 1. The molecule has 0 aromatic carbocycles. The molecule has 0 aliphatic rings. The Morgan fingerprint density at radius 2 is 2.13 bits per heavy atom. The van der Waals surface area contributed by atoms with E-state index in [-0.39, 0.29) is 6.42 Å². The highest BCUT2D eigenvalue weighted by molar-refractivity contribution is 7.51. The van der Waals surface area contributed by atoms with Crippen LogP contribution < -0.4 is 0 Å². The predicted molar refractivity (Wildman–Crippen MR) is 51.1 cm³/mol. The van der Waals surface area contributed by atoms with Gasteiger partial charge in [-0.25, -0.2) is 4.98 Å². The molecule has 0 amide bonds. The number of hydrogen-bond acceptors (Lipinski definition) is 4. The van der Waals surface area contributed by atoms with Gasteiger partial charge in [-0.3, -0.25) is 4.57 Å². The monoisotopic (exact) mass is 236 g/mol. The summed E-state index contributed by atoms with van der Waals surface area (Å²) in [6.45, 7) is 0. The lowest BCUT2D eigenvalue weighted by Gasteiger charge is -2.16. The number of aliphatic hydroxyl groups is 2. The molecule has 0 aliphatic heterocycles. The maximum atomic E-state index is 10.5. The number of rotatable bonds is 5. The fraction of sp³-hybridized carbons (Fsp3) is 0.571. The normalized spacial score (nSPS) is 16.3. The highest BCUT2D eigenvalue weighted by Gasteiger charge is 2.23. The van der Waals surface area contributed by atoms with E-state index in [2.05, 4.69) is 9.97 Å². The SMILES string of the molecule is O=P(O)(O)CC[C@@H](O)[C@@H](O)c1cnc[nH]1. The zero-order valence-electron chi connectivity index (χ0n) is 7.82. The summed E-state index contributed by atoms with van der Waals surface area (Å²) in [5, 5.41) is 18.9. The Balaban J connectivity index is 2.47. The molecule has 7 nitrogen and oxygen atoms in total. The summed E-state index contributed by atoms with van der Waals surface area (Å²) in [5.74, 6) is 0. The fourth-order valence-electron chi connectivity index (χ4n) is 1.09. The van der Waals surface area contributed by atoms with Gasteiger partial charge in [0.15, 0.2) is 0 Å². The number of nitrogens with one attached hydrogen (secondary N) is 1. The molecule has 8 heteroatoms. The second kappa shape index (κ2) is 4.87. The summed E-state index contributed by atoms with van der Waals surface area (Å²) in [6.07, 6.45) is -0.388. The molecule has 2 atom stereocenters. The van der Waals surface area contributed by atoms with Crippen molar-refractivity contribution in [3.8, 4) is 0 Å². The van der Waals surface area contributed by atoms with Gasteiger partial charge in [0, 0.05) is 0 Å². The molecule has 0 spiro atoms. The van der Waals surface area contributed by atoms with Crippen molar-refractivity contribution in [2.75, 3.05) is 6.16 Å². The highest BCUT2D eigenvalue weighted by atomic mass is 31.2. The van der Waals surface area contributed by atoms with E-state index in [1.165, 1.54) is 12.5 Å². The summed E-state index contributed by atoms with van der Waals surface area (Å²) in [5.41, 5.74) is 0.313. The maximum absolute atomic E-state index is 10.5. The van der Waals surface area contributed by atoms with Crippen molar-refractivity contribution < 1.29 is 24.6 Å². The van der Waals surface area contributed by atoms with Gasteiger partial charge >= 0.3 is 7.60 Å². The second-order valence-electron chi connectivity index (χ2n) is 3.20. The Morgan fingerprint density at radius 1 is 1.47 bits per heavy atom. The average Bonchev–Trinajstić information content (AvgIpc) is 2.64. The van der Waals surface area contributed by atoms with E-state index in [4.69, 9.17) is 9.79 Å². The molecule has 15 heavy (non-hydrogen) atoms. The number of aromatic amines is 1. The first-order valence-electron chi connectivity index (χ1n) is 4.29. The predicted octanol–water partition coefficient (Wildman–Crippen LogP) is -0.628. The van der Waals surface area contributed by atoms with Crippen molar-refractivity contribution in [2.24, 2.45) is 0 Å². The number of nitrogens with zero attached hydrogens (tertiary/aromatic N) is 1. The molecular formula is C7H13N2O5P. The number of hydrogen-bond donors (Lipinski definition) is 5. The van der Waals surface area contributed by atoms with Crippen LogP contribution in [-0.4, -0.2) is 42.2 Å². The molecule has 0 radical (unpaired) electrons. The number of aromatic nitrogens is 2. The highest BCUT2D eigenvalue weighted by Crippen LogP contribution is 2.36. The van der Waals surface area contributed by atoms with Crippen molar-refractivity contribution in [3.63, 3.8) is 0 Å². The minimum absolute atomic E-state index is 0.176. The van der Waals surface area contributed by atoms with E-state index in [9.17, 15) is 14.8 Å². The summed E-state index contributed by atoms with van der Waals surface area (Å²) in [7, 11) is -4.13. The molecule has 1 heterocycles. The van der Waals surface area contributed by atoms with Crippen LogP contribution in [0.5, 0.6) is 0 Å². The smallest absolute Gasteiger partial charge is 0.325 e. The van der Waals surface area contributed by atoms with E-state index in [0.717, 1.165) is 0 Å². The first-order valence-corrected chi connectivity index (χ1v) is 6.09. The lowest BCUT2D eigenvalue weighted by atomic mass is 10.1. The van der Waals surface area contributed by atoms with E-state index in [0.29, 0.717) is 5.69 Å². The van der Waals surface area contributed by atoms with Crippen molar-refractivity contribution in [1.82, 2.24) is 9.97 Å². The van der Waals surface area contributed by atoms with Gasteiger partial charge in [-0.1, -0.05) is 0 Å². The van der Waals surface area contributed by atoms with Crippen molar-refractivity contribution >= 4 is 7.60 Å². The molecule has 1 rings (SSSR count). The van der Waals surface area contributed by atoms with Crippen LogP contribution >= 0.6 is 7.60 Å². The minimum atomic E-state index is -4.13. The lowest BCUT2D eigenvalue weighted by Crippen LogP contribution is -2.19. The standard InChI is InChI=1S/C7H13N2O5P/c10-6(1-2-15(12,13)14)7(11)5-3-8-4-9-5/h3-4,6-7,10-11H,1-2H2,(H,8,9)(H2,12,13,14)/t6-,7+/m1/s1. The zero-order chi connectivity index (χ0) is 11.5. The van der Waals surface area contributed by atoms with Gasteiger partial charge in [0.1, 0.15) is 6.10 Å². The molecule has 0 fully saturated rings.